The molecule has 4 nitrogen and oxygen atoms in total. The lowest BCUT2D eigenvalue weighted by Gasteiger charge is -2.04. The second kappa shape index (κ2) is 4.25. The summed E-state index contributed by atoms with van der Waals surface area (Å²) in [6, 6.07) is 11.6. The van der Waals surface area contributed by atoms with Gasteiger partial charge in [-0.3, -0.25) is 4.98 Å². The second-order valence-electron chi connectivity index (χ2n) is 3.64. The van der Waals surface area contributed by atoms with Crippen LogP contribution in [0.1, 0.15) is 5.69 Å². The minimum Gasteiger partial charge on any atom is -0.486 e. The molecule has 0 spiro atoms. The van der Waals surface area contributed by atoms with E-state index < -0.39 is 0 Å². The Bertz CT molecular complexity index is 620. The van der Waals surface area contributed by atoms with E-state index >= 15 is 0 Å². The van der Waals surface area contributed by atoms with E-state index in [0.29, 0.717) is 6.61 Å². The number of hydrogen-bond donors (Lipinski definition) is 0. The van der Waals surface area contributed by atoms with Gasteiger partial charge in [-0.2, -0.15) is 0 Å². The number of para-hydroxylation sites is 1. The summed E-state index contributed by atoms with van der Waals surface area (Å²) >= 11 is 0. The monoisotopic (exact) mass is 226 g/mol. The Morgan fingerprint density at radius 2 is 2.12 bits per heavy atom. The maximum atomic E-state index is 5.57. The minimum absolute atomic E-state index is 0.385. The Morgan fingerprint density at radius 3 is 3.00 bits per heavy atom. The maximum Gasteiger partial charge on any atom is 0.138 e. The first-order valence-electron chi connectivity index (χ1n) is 5.29. The van der Waals surface area contributed by atoms with Gasteiger partial charge >= 0.3 is 0 Å². The highest BCUT2D eigenvalue weighted by atomic mass is 16.5. The van der Waals surface area contributed by atoms with Gasteiger partial charge in [-0.15, -0.1) is 0 Å². The summed E-state index contributed by atoms with van der Waals surface area (Å²) in [7, 11) is 0. The van der Waals surface area contributed by atoms with Crippen molar-refractivity contribution in [3.8, 4) is 5.75 Å². The summed E-state index contributed by atoms with van der Waals surface area (Å²) < 4.78 is 10.3. The number of aromatic nitrogens is 2. The average molecular weight is 226 g/mol. The molecule has 0 aliphatic carbocycles. The molecule has 0 saturated carbocycles. The van der Waals surface area contributed by atoms with E-state index in [2.05, 4.69) is 10.1 Å². The first-order valence-corrected chi connectivity index (χ1v) is 5.29. The molecular weight excluding hydrogens is 216 g/mol. The summed E-state index contributed by atoms with van der Waals surface area (Å²) in [5.74, 6) is 0.728. The first kappa shape index (κ1) is 9.84. The topological polar surface area (TPSA) is 48.2 Å². The molecule has 0 N–H and O–H groups in total. The molecule has 0 unspecified atom stereocenters. The van der Waals surface area contributed by atoms with E-state index in [0.717, 1.165) is 22.3 Å². The lowest BCUT2D eigenvalue weighted by Crippen LogP contribution is -1.95. The lowest BCUT2D eigenvalue weighted by atomic mass is 10.2. The summed E-state index contributed by atoms with van der Waals surface area (Å²) in [5, 5.41) is 4.83. The zero-order chi connectivity index (χ0) is 11.5. The van der Waals surface area contributed by atoms with Crippen LogP contribution >= 0.6 is 0 Å². The van der Waals surface area contributed by atoms with Gasteiger partial charge in [0, 0.05) is 11.5 Å². The third-order valence-corrected chi connectivity index (χ3v) is 2.44. The van der Waals surface area contributed by atoms with Crippen molar-refractivity contribution in [1.82, 2.24) is 10.1 Å². The van der Waals surface area contributed by atoms with Crippen molar-refractivity contribution in [2.75, 3.05) is 0 Å². The van der Waals surface area contributed by atoms with Gasteiger partial charge in [0.05, 0.1) is 11.7 Å². The Hall–Kier alpha value is -2.36. The van der Waals surface area contributed by atoms with Crippen LogP contribution in [-0.2, 0) is 6.61 Å². The second-order valence-corrected chi connectivity index (χ2v) is 3.64. The zero-order valence-corrected chi connectivity index (χ0v) is 9.04. The van der Waals surface area contributed by atoms with Crippen LogP contribution in [0.15, 0.2) is 53.4 Å². The predicted molar refractivity (Wildman–Crippen MR) is 62.6 cm³/mol. The van der Waals surface area contributed by atoms with Crippen molar-refractivity contribution >= 4 is 10.9 Å². The molecule has 3 rings (SSSR count). The predicted octanol–water partition coefficient (Wildman–Crippen LogP) is 2.80. The molecule has 17 heavy (non-hydrogen) atoms. The van der Waals surface area contributed by atoms with Crippen LogP contribution < -0.4 is 4.74 Å². The molecule has 2 heterocycles. The van der Waals surface area contributed by atoms with E-state index in [4.69, 9.17) is 9.26 Å². The largest absolute Gasteiger partial charge is 0.486 e. The molecule has 0 radical (unpaired) electrons. The van der Waals surface area contributed by atoms with Gasteiger partial charge in [0.15, 0.2) is 0 Å². The van der Waals surface area contributed by atoms with Crippen LogP contribution in [0.3, 0.4) is 0 Å². The Kier molecular flexibility index (Phi) is 2.46. The highest BCUT2D eigenvalue weighted by Gasteiger charge is 2.00. The molecule has 0 amide bonds. The van der Waals surface area contributed by atoms with Gasteiger partial charge in [0.2, 0.25) is 0 Å². The molecular formula is C13H10N2O2. The summed E-state index contributed by atoms with van der Waals surface area (Å²) in [5.41, 5.74) is 1.72. The molecule has 84 valence electrons. The van der Waals surface area contributed by atoms with Crippen molar-refractivity contribution in [2.45, 2.75) is 6.61 Å². The third kappa shape index (κ3) is 2.10. The average Bonchev–Trinajstić information content (AvgIpc) is 2.89. The number of ether oxygens (including phenoxy) is 1. The first-order chi connectivity index (χ1) is 8.42. The van der Waals surface area contributed by atoms with Gasteiger partial charge in [-0.1, -0.05) is 23.4 Å². The van der Waals surface area contributed by atoms with Gasteiger partial charge in [0.1, 0.15) is 24.3 Å². The van der Waals surface area contributed by atoms with Crippen LogP contribution in [0.5, 0.6) is 5.75 Å². The quantitative estimate of drug-likeness (QED) is 0.689. The SMILES string of the molecule is c1ccc2ncc(OCc3ccon3)cc2c1. The maximum absolute atomic E-state index is 5.57. The normalized spacial score (nSPS) is 10.6. The fourth-order valence-electron chi connectivity index (χ4n) is 1.60. The lowest BCUT2D eigenvalue weighted by molar-refractivity contribution is 0.288. The van der Waals surface area contributed by atoms with Crippen LogP contribution in [0.25, 0.3) is 10.9 Å². The smallest absolute Gasteiger partial charge is 0.138 e. The van der Waals surface area contributed by atoms with Crippen LogP contribution in [0.4, 0.5) is 0 Å². The van der Waals surface area contributed by atoms with Crippen LogP contribution in [0, 0.1) is 0 Å². The van der Waals surface area contributed by atoms with Gasteiger partial charge < -0.3 is 9.26 Å². The van der Waals surface area contributed by atoms with E-state index in [-0.39, 0.29) is 0 Å². The molecule has 2 aromatic heterocycles. The molecule has 0 fully saturated rings. The van der Waals surface area contributed by atoms with Gasteiger partial charge in [-0.25, -0.2) is 0 Å². The minimum atomic E-state index is 0.385. The number of pyridine rings is 1. The van der Waals surface area contributed by atoms with Gasteiger partial charge in [-0.05, 0) is 12.1 Å². The molecule has 3 aromatic rings. The molecule has 0 aliphatic heterocycles. The fraction of sp³-hybridized carbons (Fsp3) is 0.0769. The molecule has 0 atom stereocenters. The summed E-state index contributed by atoms with van der Waals surface area (Å²) in [6.45, 7) is 0.385. The number of fused-ring (bicyclic) bond motifs is 1. The van der Waals surface area contributed by atoms with Crippen LogP contribution in [-0.4, -0.2) is 10.1 Å². The Morgan fingerprint density at radius 1 is 1.18 bits per heavy atom. The zero-order valence-electron chi connectivity index (χ0n) is 9.04. The molecule has 0 bridgehead atoms. The number of hydrogen-bond acceptors (Lipinski definition) is 4. The number of nitrogens with zero attached hydrogens (tertiary/aromatic N) is 2. The summed E-state index contributed by atoms with van der Waals surface area (Å²) in [6.07, 6.45) is 3.24. The van der Waals surface area contributed by atoms with E-state index in [1.807, 2.05) is 30.3 Å². The fourth-order valence-corrected chi connectivity index (χ4v) is 1.60. The van der Waals surface area contributed by atoms with Crippen molar-refractivity contribution in [1.29, 1.82) is 0 Å². The van der Waals surface area contributed by atoms with E-state index in [1.54, 1.807) is 12.3 Å². The van der Waals surface area contributed by atoms with Crippen molar-refractivity contribution in [2.24, 2.45) is 0 Å². The third-order valence-electron chi connectivity index (χ3n) is 2.44. The highest BCUT2D eigenvalue weighted by Crippen LogP contribution is 2.18. The molecule has 0 aliphatic rings. The molecule has 4 heteroatoms. The molecule has 0 saturated heterocycles. The Labute approximate surface area is 97.8 Å². The summed E-state index contributed by atoms with van der Waals surface area (Å²) in [4.78, 5) is 4.31. The molecule has 1 aromatic carbocycles. The highest BCUT2D eigenvalue weighted by molar-refractivity contribution is 5.79. The van der Waals surface area contributed by atoms with E-state index in [1.165, 1.54) is 6.26 Å². The number of rotatable bonds is 3. The van der Waals surface area contributed by atoms with Crippen molar-refractivity contribution < 1.29 is 9.26 Å². The van der Waals surface area contributed by atoms with Crippen molar-refractivity contribution in [3.05, 3.63) is 54.6 Å². The van der Waals surface area contributed by atoms with Crippen molar-refractivity contribution in [3.63, 3.8) is 0 Å². The van der Waals surface area contributed by atoms with Gasteiger partial charge in [0.25, 0.3) is 0 Å². The Balaban J connectivity index is 1.81. The van der Waals surface area contributed by atoms with Crippen LogP contribution in [0.2, 0.25) is 0 Å². The standard InChI is InChI=1S/C13H10N2O2/c1-2-4-13-10(3-1)7-12(8-14-13)16-9-11-5-6-17-15-11/h1-8H,9H2. The number of benzene rings is 1. The van der Waals surface area contributed by atoms with E-state index in [9.17, 15) is 0 Å².